The number of unbranched alkanes of at least 4 members (excludes halogenated alkanes) is 3. The van der Waals surface area contributed by atoms with E-state index < -0.39 is 15.9 Å². The fraction of sp³-hybridized carbons (Fsp3) is 0.619. The van der Waals surface area contributed by atoms with Crippen LogP contribution in [0.1, 0.15) is 59.8 Å². The Bertz CT molecular complexity index is 813. The molecule has 8 heteroatoms. The third-order valence-corrected chi connectivity index (χ3v) is 6.54. The van der Waals surface area contributed by atoms with E-state index in [4.69, 9.17) is 0 Å². The first-order valence-corrected chi connectivity index (χ1v) is 11.7. The van der Waals surface area contributed by atoms with Gasteiger partial charge in [-0.15, -0.1) is 0 Å². The molecule has 7 nitrogen and oxygen atoms in total. The van der Waals surface area contributed by atoms with Crippen LogP contribution in [0.2, 0.25) is 0 Å². The molecule has 1 aromatic carbocycles. The molecule has 1 fully saturated rings. The van der Waals surface area contributed by atoms with E-state index in [1.807, 2.05) is 20.8 Å². The first-order chi connectivity index (χ1) is 13.5. The van der Waals surface area contributed by atoms with Gasteiger partial charge in [0.2, 0.25) is 21.8 Å². The molecule has 2 amide bonds. The monoisotopic (exact) mass is 423 g/mol. The van der Waals surface area contributed by atoms with Crippen molar-refractivity contribution in [2.45, 2.75) is 70.2 Å². The van der Waals surface area contributed by atoms with Crippen LogP contribution in [0, 0.1) is 5.92 Å². The van der Waals surface area contributed by atoms with Crippen LogP contribution in [0.5, 0.6) is 0 Å². The number of carbonyl (C=O) groups is 2. The molecule has 0 aliphatic carbocycles. The molecule has 1 aromatic rings. The molecule has 162 valence electrons. The van der Waals surface area contributed by atoms with Crippen molar-refractivity contribution in [2.75, 3.05) is 18.4 Å². The molecule has 0 radical (unpaired) electrons. The van der Waals surface area contributed by atoms with Crippen LogP contribution < -0.4 is 10.0 Å². The van der Waals surface area contributed by atoms with Crippen LogP contribution in [-0.4, -0.2) is 43.8 Å². The van der Waals surface area contributed by atoms with Gasteiger partial charge in [-0.3, -0.25) is 9.59 Å². The van der Waals surface area contributed by atoms with Gasteiger partial charge in [0.05, 0.1) is 10.8 Å². The maximum Gasteiger partial charge on any atom is 0.240 e. The van der Waals surface area contributed by atoms with Crippen molar-refractivity contribution < 1.29 is 18.0 Å². The quantitative estimate of drug-likeness (QED) is 0.597. The number of benzene rings is 1. The van der Waals surface area contributed by atoms with Crippen molar-refractivity contribution in [1.29, 1.82) is 0 Å². The molecule has 2 N–H and O–H groups in total. The maximum absolute atomic E-state index is 12.5. The number of rotatable bonds is 9. The summed E-state index contributed by atoms with van der Waals surface area (Å²) in [5, 5.41) is 2.79. The molecule has 0 unspecified atom stereocenters. The van der Waals surface area contributed by atoms with Gasteiger partial charge < -0.3 is 10.2 Å². The highest BCUT2D eigenvalue weighted by Gasteiger charge is 2.39. The molecule has 1 saturated heterocycles. The van der Waals surface area contributed by atoms with Gasteiger partial charge in [0.1, 0.15) is 0 Å². The van der Waals surface area contributed by atoms with E-state index in [-0.39, 0.29) is 28.7 Å². The SMILES string of the molecule is CCCCCCNS(=O)(=O)c1ccc(NC(=O)[C@H]2CC(=O)N(C(C)(C)C)C2)cc1. The van der Waals surface area contributed by atoms with Gasteiger partial charge in [0.15, 0.2) is 0 Å². The van der Waals surface area contributed by atoms with Crippen molar-refractivity contribution in [3.63, 3.8) is 0 Å². The second-order valence-electron chi connectivity index (χ2n) is 8.55. The van der Waals surface area contributed by atoms with Gasteiger partial charge in [-0.05, 0) is 51.5 Å². The number of hydrogen-bond donors (Lipinski definition) is 2. The van der Waals surface area contributed by atoms with Crippen LogP contribution in [0.4, 0.5) is 5.69 Å². The van der Waals surface area contributed by atoms with Gasteiger partial charge in [-0.1, -0.05) is 26.2 Å². The Morgan fingerprint density at radius 1 is 1.14 bits per heavy atom. The minimum atomic E-state index is -3.55. The maximum atomic E-state index is 12.5. The number of sulfonamides is 1. The lowest BCUT2D eigenvalue weighted by Gasteiger charge is -2.31. The summed E-state index contributed by atoms with van der Waals surface area (Å²) >= 11 is 0. The molecule has 0 spiro atoms. The highest BCUT2D eigenvalue weighted by Crippen LogP contribution is 2.27. The van der Waals surface area contributed by atoms with E-state index in [0.717, 1.165) is 25.7 Å². The normalized spacial score (nSPS) is 17.6. The second-order valence-corrected chi connectivity index (χ2v) is 10.3. The standard InChI is InChI=1S/C21H33N3O4S/c1-5-6-7-8-13-22-29(27,28)18-11-9-17(10-12-18)23-20(26)16-14-19(25)24(15-16)21(2,3)4/h9-12,16,22H,5-8,13-15H2,1-4H3,(H,23,26)/t16-/m0/s1. The Balaban J connectivity index is 1.92. The highest BCUT2D eigenvalue weighted by molar-refractivity contribution is 7.89. The summed E-state index contributed by atoms with van der Waals surface area (Å²) in [5.74, 6) is -0.659. The molecule has 29 heavy (non-hydrogen) atoms. The topological polar surface area (TPSA) is 95.6 Å². The lowest BCUT2D eigenvalue weighted by Crippen LogP contribution is -2.42. The summed E-state index contributed by atoms with van der Waals surface area (Å²) in [5.41, 5.74) is 0.199. The van der Waals surface area contributed by atoms with Crippen molar-refractivity contribution in [3.8, 4) is 0 Å². The Kier molecular flexibility index (Phi) is 7.82. The molecular formula is C21H33N3O4S. The van der Waals surface area contributed by atoms with E-state index in [0.29, 0.717) is 18.8 Å². The van der Waals surface area contributed by atoms with E-state index in [9.17, 15) is 18.0 Å². The Hall–Kier alpha value is -1.93. The number of carbonyl (C=O) groups excluding carboxylic acids is 2. The zero-order valence-electron chi connectivity index (χ0n) is 17.8. The molecular weight excluding hydrogens is 390 g/mol. The van der Waals surface area contributed by atoms with Crippen molar-refractivity contribution >= 4 is 27.5 Å². The average molecular weight is 424 g/mol. The summed E-state index contributed by atoms with van der Waals surface area (Å²) in [6, 6.07) is 6.10. The third-order valence-electron chi connectivity index (χ3n) is 5.06. The fourth-order valence-electron chi connectivity index (χ4n) is 3.33. The predicted octanol–water partition coefficient (Wildman–Crippen LogP) is 3.13. The van der Waals surface area contributed by atoms with Crippen LogP contribution in [-0.2, 0) is 19.6 Å². The Morgan fingerprint density at radius 2 is 1.79 bits per heavy atom. The molecule has 0 saturated carbocycles. The van der Waals surface area contributed by atoms with E-state index >= 15 is 0 Å². The van der Waals surface area contributed by atoms with Gasteiger partial charge in [-0.2, -0.15) is 0 Å². The lowest BCUT2D eigenvalue weighted by molar-refractivity contribution is -0.131. The van der Waals surface area contributed by atoms with Crippen LogP contribution in [0.3, 0.4) is 0 Å². The number of amides is 2. The smallest absolute Gasteiger partial charge is 0.240 e. The molecule has 1 aliphatic heterocycles. The molecule has 2 rings (SSSR count). The molecule has 1 atom stereocenters. The highest BCUT2D eigenvalue weighted by atomic mass is 32.2. The van der Waals surface area contributed by atoms with Gasteiger partial charge in [-0.25, -0.2) is 13.1 Å². The van der Waals surface area contributed by atoms with Gasteiger partial charge in [0.25, 0.3) is 0 Å². The fourth-order valence-corrected chi connectivity index (χ4v) is 4.41. The number of nitrogens with zero attached hydrogens (tertiary/aromatic N) is 1. The van der Waals surface area contributed by atoms with Crippen molar-refractivity contribution in [1.82, 2.24) is 9.62 Å². The number of anilines is 1. The number of hydrogen-bond acceptors (Lipinski definition) is 4. The molecule has 1 heterocycles. The van der Waals surface area contributed by atoms with E-state index in [2.05, 4.69) is 17.0 Å². The van der Waals surface area contributed by atoms with Crippen LogP contribution in [0.15, 0.2) is 29.2 Å². The Labute approximate surface area is 174 Å². The molecule has 1 aliphatic rings. The van der Waals surface area contributed by atoms with Crippen molar-refractivity contribution in [2.24, 2.45) is 5.92 Å². The first-order valence-electron chi connectivity index (χ1n) is 10.3. The third kappa shape index (κ3) is 6.54. The largest absolute Gasteiger partial charge is 0.337 e. The van der Waals surface area contributed by atoms with Gasteiger partial charge in [0, 0.05) is 30.7 Å². The zero-order valence-corrected chi connectivity index (χ0v) is 18.6. The lowest BCUT2D eigenvalue weighted by atomic mass is 10.1. The van der Waals surface area contributed by atoms with Crippen LogP contribution in [0.25, 0.3) is 0 Å². The minimum absolute atomic E-state index is 0.0240. The summed E-state index contributed by atoms with van der Waals surface area (Å²) in [7, 11) is -3.55. The van der Waals surface area contributed by atoms with E-state index in [1.54, 1.807) is 17.0 Å². The molecule has 0 aromatic heterocycles. The van der Waals surface area contributed by atoms with Gasteiger partial charge >= 0.3 is 0 Å². The molecule has 0 bridgehead atoms. The summed E-state index contributed by atoms with van der Waals surface area (Å²) in [4.78, 5) is 26.6. The van der Waals surface area contributed by atoms with Crippen LogP contribution >= 0.6 is 0 Å². The Morgan fingerprint density at radius 3 is 2.34 bits per heavy atom. The minimum Gasteiger partial charge on any atom is -0.337 e. The predicted molar refractivity (Wildman–Crippen MR) is 114 cm³/mol. The number of nitrogens with one attached hydrogen (secondary N) is 2. The van der Waals surface area contributed by atoms with Crippen molar-refractivity contribution in [3.05, 3.63) is 24.3 Å². The van der Waals surface area contributed by atoms with E-state index in [1.165, 1.54) is 12.1 Å². The zero-order chi connectivity index (χ0) is 21.7. The average Bonchev–Trinajstić information content (AvgIpc) is 3.04. The first kappa shape index (κ1) is 23.3. The number of likely N-dealkylation sites (tertiary alicyclic amines) is 1. The summed E-state index contributed by atoms with van der Waals surface area (Å²) in [6.07, 6.45) is 4.20. The summed E-state index contributed by atoms with van der Waals surface area (Å²) in [6.45, 7) is 8.76. The second kappa shape index (κ2) is 9.71. The summed E-state index contributed by atoms with van der Waals surface area (Å²) < 4.78 is 27.3.